The van der Waals surface area contributed by atoms with Gasteiger partial charge in [0, 0.05) is 16.3 Å². The smallest absolute Gasteiger partial charge is 0.345 e. The van der Waals surface area contributed by atoms with Crippen molar-refractivity contribution in [2.45, 2.75) is 46.4 Å². The minimum absolute atomic E-state index is 0.273. The fourth-order valence-corrected chi connectivity index (χ4v) is 4.34. The highest BCUT2D eigenvalue weighted by Crippen LogP contribution is 2.15. The molecule has 0 bridgehead atoms. The maximum atomic E-state index is 5.81. The lowest BCUT2D eigenvalue weighted by molar-refractivity contribution is 0.114. The molecule has 0 saturated carbocycles. The Balaban J connectivity index is 4.04. The Bertz CT molecular complexity index is 118. The largest absolute Gasteiger partial charge is 0.391 e. The molecule has 0 amide bonds. The van der Waals surface area contributed by atoms with Gasteiger partial charge in [0.1, 0.15) is 0 Å². The van der Waals surface area contributed by atoms with Crippen molar-refractivity contribution in [1.29, 1.82) is 0 Å². The second kappa shape index (κ2) is 5.57. The highest BCUT2D eigenvalue weighted by molar-refractivity contribution is 14.1. The van der Waals surface area contributed by atoms with Crippen LogP contribution in [0.2, 0.25) is 6.55 Å². The zero-order valence-electron chi connectivity index (χ0n) is 8.56. The van der Waals surface area contributed by atoms with Crippen LogP contribution in [0.5, 0.6) is 0 Å². The molecular weight excluding hydrogens is 283 g/mol. The first-order chi connectivity index (χ1) is 5.39. The first-order valence-corrected chi connectivity index (χ1v) is 8.36. The van der Waals surface area contributed by atoms with Crippen LogP contribution < -0.4 is 0 Å². The number of halogens is 1. The molecule has 0 unspecified atom stereocenters. The first-order valence-electron chi connectivity index (χ1n) is 4.31. The number of rotatable bonds is 5. The molecule has 0 N–H and O–H groups in total. The van der Waals surface area contributed by atoms with Gasteiger partial charge in [-0.3, -0.25) is 0 Å². The van der Waals surface area contributed by atoms with Crippen molar-refractivity contribution in [2.24, 2.45) is 0 Å². The normalized spacial score (nSPS) is 13.0. The van der Waals surface area contributed by atoms with Gasteiger partial charge in [-0.05, 0) is 34.2 Å². The van der Waals surface area contributed by atoms with E-state index in [9.17, 15) is 0 Å². The minimum atomic E-state index is -1.86. The Morgan fingerprint density at radius 3 is 1.58 bits per heavy atom. The minimum Gasteiger partial charge on any atom is -0.391 e. The Hall–Kier alpha value is 0.867. The van der Waals surface area contributed by atoms with Gasteiger partial charge in [-0.15, -0.1) is 0 Å². The van der Waals surface area contributed by atoms with Gasteiger partial charge in [0.25, 0.3) is 0 Å². The summed E-state index contributed by atoms with van der Waals surface area (Å²) in [6.45, 7) is 10.4. The lowest BCUT2D eigenvalue weighted by Crippen LogP contribution is -2.45. The SMILES string of the molecule is CC(C)O[Si](C)(CI)OC(C)C. The summed E-state index contributed by atoms with van der Waals surface area (Å²) in [5, 5.41) is 0. The van der Waals surface area contributed by atoms with Crippen LogP contribution in [0.1, 0.15) is 27.7 Å². The zero-order valence-corrected chi connectivity index (χ0v) is 11.7. The Kier molecular flexibility index (Phi) is 5.97. The summed E-state index contributed by atoms with van der Waals surface area (Å²) in [5.74, 6) is 0. The van der Waals surface area contributed by atoms with Crippen molar-refractivity contribution in [3.8, 4) is 0 Å². The van der Waals surface area contributed by atoms with Crippen LogP contribution in [0, 0.1) is 0 Å². The summed E-state index contributed by atoms with van der Waals surface area (Å²) in [6.07, 6.45) is 0.547. The lowest BCUT2D eigenvalue weighted by Gasteiger charge is -2.29. The maximum absolute atomic E-state index is 5.81. The van der Waals surface area contributed by atoms with Gasteiger partial charge < -0.3 is 8.85 Å². The number of alkyl halides is 1. The van der Waals surface area contributed by atoms with E-state index in [1.807, 2.05) is 0 Å². The molecule has 0 aromatic carbocycles. The van der Waals surface area contributed by atoms with Gasteiger partial charge in [0.15, 0.2) is 0 Å². The van der Waals surface area contributed by atoms with Gasteiger partial charge in [-0.1, -0.05) is 22.6 Å². The van der Waals surface area contributed by atoms with Crippen molar-refractivity contribution >= 4 is 31.2 Å². The molecule has 0 rings (SSSR count). The summed E-state index contributed by atoms with van der Waals surface area (Å²) in [6, 6.07) is 0. The molecule has 12 heavy (non-hydrogen) atoms. The quantitative estimate of drug-likeness (QED) is 0.442. The molecule has 0 spiro atoms. The van der Waals surface area contributed by atoms with Gasteiger partial charge in [0.05, 0.1) is 0 Å². The standard InChI is InChI=1S/C8H19IO2Si/c1-7(2)10-12(5,6-9)11-8(3)4/h7-8H,6H2,1-5H3. The zero-order chi connectivity index (χ0) is 9.78. The topological polar surface area (TPSA) is 18.5 Å². The Morgan fingerprint density at radius 1 is 1.08 bits per heavy atom. The average Bonchev–Trinajstić information content (AvgIpc) is 1.83. The van der Waals surface area contributed by atoms with Crippen LogP contribution in [0.3, 0.4) is 0 Å². The van der Waals surface area contributed by atoms with E-state index >= 15 is 0 Å². The fourth-order valence-electron chi connectivity index (χ4n) is 1.09. The fraction of sp³-hybridized carbons (Fsp3) is 1.00. The summed E-state index contributed by atoms with van der Waals surface area (Å²) in [4.78, 5) is 0. The molecule has 0 aromatic rings. The van der Waals surface area contributed by atoms with Crippen LogP contribution in [0.25, 0.3) is 0 Å². The lowest BCUT2D eigenvalue weighted by atomic mass is 10.5. The van der Waals surface area contributed by atoms with Crippen molar-refractivity contribution in [1.82, 2.24) is 0 Å². The maximum Gasteiger partial charge on any atom is 0.345 e. The third-order valence-corrected chi connectivity index (χ3v) is 7.80. The molecule has 4 heteroatoms. The van der Waals surface area contributed by atoms with E-state index in [-0.39, 0.29) is 12.2 Å². The highest BCUT2D eigenvalue weighted by Gasteiger charge is 2.32. The predicted octanol–water partition coefficient (Wildman–Crippen LogP) is 2.88. The number of hydrogen-bond acceptors (Lipinski definition) is 2. The van der Waals surface area contributed by atoms with Crippen LogP contribution in [-0.2, 0) is 8.85 Å². The van der Waals surface area contributed by atoms with Crippen LogP contribution in [-0.4, -0.2) is 24.8 Å². The van der Waals surface area contributed by atoms with E-state index in [2.05, 4.69) is 56.8 Å². The molecule has 0 atom stereocenters. The summed E-state index contributed by atoms with van der Waals surface area (Å²) < 4.78 is 12.6. The summed E-state index contributed by atoms with van der Waals surface area (Å²) >= 11 is 2.34. The van der Waals surface area contributed by atoms with E-state index in [1.165, 1.54) is 0 Å². The third-order valence-electron chi connectivity index (χ3n) is 1.21. The van der Waals surface area contributed by atoms with Gasteiger partial charge in [-0.25, -0.2) is 0 Å². The molecule has 0 aromatic heterocycles. The molecule has 0 saturated heterocycles. The summed E-state index contributed by atoms with van der Waals surface area (Å²) in [5.41, 5.74) is 0. The van der Waals surface area contributed by atoms with E-state index in [4.69, 9.17) is 8.85 Å². The highest BCUT2D eigenvalue weighted by atomic mass is 127. The molecule has 0 aliphatic rings. The van der Waals surface area contributed by atoms with Crippen LogP contribution >= 0.6 is 22.6 Å². The molecule has 74 valence electrons. The van der Waals surface area contributed by atoms with Crippen molar-refractivity contribution in [3.05, 3.63) is 0 Å². The summed E-state index contributed by atoms with van der Waals surface area (Å²) in [7, 11) is -1.86. The second-order valence-electron chi connectivity index (χ2n) is 3.60. The van der Waals surface area contributed by atoms with E-state index in [0.29, 0.717) is 0 Å². The Morgan fingerprint density at radius 2 is 1.42 bits per heavy atom. The molecule has 0 aliphatic carbocycles. The van der Waals surface area contributed by atoms with Crippen molar-refractivity contribution in [2.75, 3.05) is 4.05 Å². The molecule has 0 radical (unpaired) electrons. The Labute approximate surface area is 90.4 Å². The van der Waals surface area contributed by atoms with Gasteiger partial charge in [0.2, 0.25) is 0 Å². The third kappa shape index (κ3) is 5.50. The molecule has 0 heterocycles. The average molecular weight is 302 g/mol. The molecule has 2 nitrogen and oxygen atoms in total. The van der Waals surface area contributed by atoms with Crippen LogP contribution in [0.4, 0.5) is 0 Å². The molecule has 0 aliphatic heterocycles. The van der Waals surface area contributed by atoms with Crippen molar-refractivity contribution < 1.29 is 8.85 Å². The molecular formula is C8H19IO2Si. The van der Waals surface area contributed by atoms with E-state index in [1.54, 1.807) is 0 Å². The van der Waals surface area contributed by atoms with Gasteiger partial charge in [-0.2, -0.15) is 0 Å². The first kappa shape index (κ1) is 12.9. The monoisotopic (exact) mass is 302 g/mol. The number of hydrogen-bond donors (Lipinski definition) is 0. The van der Waals surface area contributed by atoms with Crippen LogP contribution in [0.15, 0.2) is 0 Å². The van der Waals surface area contributed by atoms with Gasteiger partial charge >= 0.3 is 8.56 Å². The molecule has 0 fully saturated rings. The predicted molar refractivity (Wildman–Crippen MR) is 62.9 cm³/mol. The van der Waals surface area contributed by atoms with E-state index in [0.717, 1.165) is 4.05 Å². The van der Waals surface area contributed by atoms with E-state index < -0.39 is 8.56 Å². The second-order valence-corrected chi connectivity index (χ2v) is 8.90. The van der Waals surface area contributed by atoms with Crippen molar-refractivity contribution in [3.63, 3.8) is 0 Å².